The first-order chi connectivity index (χ1) is 5.38. The summed E-state index contributed by atoms with van der Waals surface area (Å²) in [6.45, 7) is 8.62. The summed E-state index contributed by atoms with van der Waals surface area (Å²) in [6, 6.07) is 0. The van der Waals surface area contributed by atoms with Gasteiger partial charge in [-0.05, 0) is 5.41 Å². The molecule has 1 heterocycles. The molecular formula is C9H19NO2. The molecule has 1 fully saturated rings. The van der Waals surface area contributed by atoms with E-state index in [-0.39, 0.29) is 5.41 Å². The van der Waals surface area contributed by atoms with Crippen LogP contribution in [0.4, 0.5) is 0 Å². The largest absolute Gasteiger partial charge is 0.389 e. The molecule has 0 saturated carbocycles. The minimum atomic E-state index is -0.549. The molecule has 1 rings (SSSR count). The number of hydrogen-bond donors (Lipinski definition) is 2. The maximum absolute atomic E-state index is 9.27. The Kier molecular flexibility index (Phi) is 2.76. The first kappa shape index (κ1) is 9.96. The van der Waals surface area contributed by atoms with Gasteiger partial charge in [-0.2, -0.15) is 0 Å². The minimum Gasteiger partial charge on any atom is -0.389 e. The number of β-amino-alcohol motifs (C(OH)–C–C–N with tert-alkyl or cyclic N) is 2. The molecule has 2 N–H and O–H groups in total. The van der Waals surface area contributed by atoms with E-state index in [0.717, 1.165) is 6.54 Å². The van der Waals surface area contributed by atoms with Crippen LogP contribution >= 0.6 is 0 Å². The number of hydrogen-bond acceptors (Lipinski definition) is 3. The van der Waals surface area contributed by atoms with Crippen LogP contribution in [0.2, 0.25) is 0 Å². The van der Waals surface area contributed by atoms with Crippen molar-refractivity contribution < 1.29 is 10.2 Å². The third-order valence-corrected chi connectivity index (χ3v) is 2.03. The normalized spacial score (nSPS) is 32.8. The molecule has 1 aliphatic rings. The lowest BCUT2D eigenvalue weighted by Gasteiger charge is -2.25. The van der Waals surface area contributed by atoms with Crippen LogP contribution in [0.1, 0.15) is 20.8 Å². The summed E-state index contributed by atoms with van der Waals surface area (Å²) < 4.78 is 0. The lowest BCUT2D eigenvalue weighted by molar-refractivity contribution is 0.0572. The highest BCUT2D eigenvalue weighted by Crippen LogP contribution is 2.19. The second-order valence-corrected chi connectivity index (χ2v) is 4.89. The Morgan fingerprint density at radius 3 is 1.92 bits per heavy atom. The topological polar surface area (TPSA) is 43.7 Å². The number of likely N-dealkylation sites (tertiary alicyclic amines) is 1. The summed E-state index contributed by atoms with van der Waals surface area (Å²) in [5.74, 6) is 0. The molecule has 0 spiro atoms. The van der Waals surface area contributed by atoms with Gasteiger partial charge >= 0.3 is 0 Å². The fraction of sp³-hybridized carbons (Fsp3) is 1.00. The molecule has 12 heavy (non-hydrogen) atoms. The van der Waals surface area contributed by atoms with Gasteiger partial charge in [0.05, 0.1) is 12.2 Å². The monoisotopic (exact) mass is 173 g/mol. The van der Waals surface area contributed by atoms with Crippen molar-refractivity contribution in [1.29, 1.82) is 0 Å². The van der Waals surface area contributed by atoms with Gasteiger partial charge in [-0.25, -0.2) is 0 Å². The molecule has 3 nitrogen and oxygen atoms in total. The van der Waals surface area contributed by atoms with Crippen LogP contribution in [0.5, 0.6) is 0 Å². The van der Waals surface area contributed by atoms with Crippen molar-refractivity contribution in [1.82, 2.24) is 4.90 Å². The van der Waals surface area contributed by atoms with Gasteiger partial charge in [0.15, 0.2) is 0 Å². The van der Waals surface area contributed by atoms with E-state index in [0.29, 0.717) is 13.1 Å². The molecule has 2 atom stereocenters. The number of rotatable bonds is 1. The number of nitrogens with zero attached hydrogens (tertiary/aromatic N) is 1. The van der Waals surface area contributed by atoms with Gasteiger partial charge < -0.3 is 10.2 Å². The predicted molar refractivity (Wildman–Crippen MR) is 47.9 cm³/mol. The van der Waals surface area contributed by atoms with Gasteiger partial charge in [-0.1, -0.05) is 20.8 Å². The van der Waals surface area contributed by atoms with Crippen LogP contribution in [-0.2, 0) is 0 Å². The molecule has 0 bridgehead atoms. The molecule has 0 aromatic heterocycles. The summed E-state index contributed by atoms with van der Waals surface area (Å²) in [5, 5.41) is 18.5. The molecule has 2 unspecified atom stereocenters. The highest BCUT2D eigenvalue weighted by molar-refractivity contribution is 4.85. The quantitative estimate of drug-likeness (QED) is 0.590. The second kappa shape index (κ2) is 3.32. The molecule has 72 valence electrons. The zero-order valence-corrected chi connectivity index (χ0v) is 8.12. The van der Waals surface area contributed by atoms with Crippen molar-refractivity contribution in [2.75, 3.05) is 19.6 Å². The third kappa shape index (κ3) is 2.73. The standard InChI is InChI=1S/C9H19NO2/c1-9(2,3)6-10-4-7(11)8(12)5-10/h7-8,11-12H,4-6H2,1-3H3. The van der Waals surface area contributed by atoms with E-state index < -0.39 is 12.2 Å². The number of aliphatic hydroxyl groups is 2. The van der Waals surface area contributed by atoms with Crippen molar-refractivity contribution >= 4 is 0 Å². The maximum atomic E-state index is 9.27. The fourth-order valence-electron chi connectivity index (χ4n) is 1.65. The zero-order valence-electron chi connectivity index (χ0n) is 8.12. The SMILES string of the molecule is CC(C)(C)CN1CC(O)C(O)C1. The van der Waals surface area contributed by atoms with Gasteiger partial charge in [0.1, 0.15) is 0 Å². The second-order valence-electron chi connectivity index (χ2n) is 4.89. The van der Waals surface area contributed by atoms with Crippen molar-refractivity contribution in [2.24, 2.45) is 5.41 Å². The fourth-order valence-corrected chi connectivity index (χ4v) is 1.65. The van der Waals surface area contributed by atoms with Gasteiger partial charge in [-0.15, -0.1) is 0 Å². The van der Waals surface area contributed by atoms with Gasteiger partial charge in [0.2, 0.25) is 0 Å². The Hall–Kier alpha value is -0.120. The molecule has 0 amide bonds. The van der Waals surface area contributed by atoms with E-state index in [1.165, 1.54) is 0 Å². The zero-order chi connectivity index (χ0) is 9.35. The smallest absolute Gasteiger partial charge is 0.0938 e. The third-order valence-electron chi connectivity index (χ3n) is 2.03. The molecule has 1 aliphatic heterocycles. The van der Waals surface area contributed by atoms with Gasteiger partial charge in [0.25, 0.3) is 0 Å². The molecular weight excluding hydrogens is 154 g/mol. The van der Waals surface area contributed by atoms with E-state index in [9.17, 15) is 10.2 Å². The average molecular weight is 173 g/mol. The van der Waals surface area contributed by atoms with Gasteiger partial charge in [0, 0.05) is 19.6 Å². The van der Waals surface area contributed by atoms with Crippen molar-refractivity contribution in [3.05, 3.63) is 0 Å². The Labute approximate surface area is 74.0 Å². The van der Waals surface area contributed by atoms with Crippen LogP contribution in [0.15, 0.2) is 0 Å². The first-order valence-corrected chi connectivity index (χ1v) is 4.47. The molecule has 0 aromatic carbocycles. The van der Waals surface area contributed by atoms with E-state index in [1.54, 1.807) is 0 Å². The Morgan fingerprint density at radius 1 is 1.17 bits per heavy atom. The van der Waals surface area contributed by atoms with Gasteiger partial charge in [-0.3, -0.25) is 4.90 Å². The molecule has 3 heteroatoms. The minimum absolute atomic E-state index is 0.240. The molecule has 0 radical (unpaired) electrons. The Bertz CT molecular complexity index is 143. The maximum Gasteiger partial charge on any atom is 0.0938 e. The van der Waals surface area contributed by atoms with Crippen LogP contribution in [-0.4, -0.2) is 47.0 Å². The van der Waals surface area contributed by atoms with E-state index in [4.69, 9.17) is 0 Å². The lowest BCUT2D eigenvalue weighted by atomic mass is 9.96. The summed E-state index contributed by atoms with van der Waals surface area (Å²) in [4.78, 5) is 2.11. The Morgan fingerprint density at radius 2 is 1.58 bits per heavy atom. The van der Waals surface area contributed by atoms with E-state index in [1.807, 2.05) is 0 Å². The van der Waals surface area contributed by atoms with E-state index >= 15 is 0 Å². The van der Waals surface area contributed by atoms with Crippen LogP contribution in [0, 0.1) is 5.41 Å². The molecule has 0 aliphatic carbocycles. The van der Waals surface area contributed by atoms with Crippen molar-refractivity contribution in [3.63, 3.8) is 0 Å². The van der Waals surface area contributed by atoms with E-state index in [2.05, 4.69) is 25.7 Å². The van der Waals surface area contributed by atoms with Crippen molar-refractivity contribution in [2.45, 2.75) is 33.0 Å². The highest BCUT2D eigenvalue weighted by atomic mass is 16.3. The Balaban J connectivity index is 2.38. The van der Waals surface area contributed by atoms with Crippen LogP contribution in [0.25, 0.3) is 0 Å². The van der Waals surface area contributed by atoms with Crippen LogP contribution < -0.4 is 0 Å². The summed E-state index contributed by atoms with van der Waals surface area (Å²) >= 11 is 0. The number of aliphatic hydroxyl groups excluding tert-OH is 2. The summed E-state index contributed by atoms with van der Waals surface area (Å²) in [7, 11) is 0. The van der Waals surface area contributed by atoms with Crippen LogP contribution in [0.3, 0.4) is 0 Å². The average Bonchev–Trinajstić information content (AvgIpc) is 2.07. The highest BCUT2D eigenvalue weighted by Gasteiger charge is 2.31. The summed E-state index contributed by atoms with van der Waals surface area (Å²) in [6.07, 6.45) is -1.10. The van der Waals surface area contributed by atoms with Crippen molar-refractivity contribution in [3.8, 4) is 0 Å². The first-order valence-electron chi connectivity index (χ1n) is 4.47. The predicted octanol–water partition coefficient (Wildman–Crippen LogP) is 0.0699. The molecule has 1 saturated heterocycles. The molecule has 0 aromatic rings. The summed E-state index contributed by atoms with van der Waals surface area (Å²) in [5.41, 5.74) is 0.240. The lowest BCUT2D eigenvalue weighted by Crippen LogP contribution is -2.31.